The van der Waals surface area contributed by atoms with Crippen LogP contribution in [0.15, 0.2) is 84.9 Å². The smallest absolute Gasteiger partial charge is 0.244 e. The molecule has 3 aromatic carbocycles. The monoisotopic (exact) mass is 551 g/mol. The Morgan fingerprint density at radius 3 is 1.95 bits per heavy atom. The Bertz CT molecular complexity index is 1360. The van der Waals surface area contributed by atoms with Crippen molar-refractivity contribution < 1.29 is 22.7 Å². The minimum Gasteiger partial charge on any atom is -0.495 e. The number of benzene rings is 3. The number of para-hydroxylation sites is 2. The summed E-state index contributed by atoms with van der Waals surface area (Å²) >= 11 is 0. The van der Waals surface area contributed by atoms with E-state index in [1.54, 1.807) is 24.3 Å². The summed E-state index contributed by atoms with van der Waals surface area (Å²) in [6, 6.07) is 24.5. The van der Waals surface area contributed by atoms with E-state index in [1.165, 1.54) is 12.0 Å². The first-order valence-corrected chi connectivity index (χ1v) is 14.5. The maximum atomic E-state index is 14.1. The van der Waals surface area contributed by atoms with Gasteiger partial charge in [-0.1, -0.05) is 72.8 Å². The number of carbonyl (C=O) groups excluding carboxylic acids is 2. The normalized spacial score (nSPS) is 12.3. The molecule has 0 unspecified atom stereocenters. The number of rotatable bonds is 11. The fourth-order valence-corrected chi connectivity index (χ4v) is 5.07. The van der Waals surface area contributed by atoms with Gasteiger partial charge in [0.25, 0.3) is 0 Å². The van der Waals surface area contributed by atoms with Crippen LogP contribution in [0.1, 0.15) is 31.9 Å². The van der Waals surface area contributed by atoms with Crippen LogP contribution in [0.25, 0.3) is 0 Å². The van der Waals surface area contributed by atoms with Crippen LogP contribution in [-0.2, 0) is 32.6 Å². The van der Waals surface area contributed by atoms with Crippen LogP contribution in [-0.4, -0.2) is 56.6 Å². The molecule has 2 amide bonds. The van der Waals surface area contributed by atoms with Gasteiger partial charge in [0.15, 0.2) is 0 Å². The van der Waals surface area contributed by atoms with Crippen LogP contribution in [0.3, 0.4) is 0 Å². The summed E-state index contributed by atoms with van der Waals surface area (Å²) in [7, 11) is -2.44. The van der Waals surface area contributed by atoms with Gasteiger partial charge in [0, 0.05) is 18.5 Å². The van der Waals surface area contributed by atoms with E-state index in [2.05, 4.69) is 5.32 Å². The van der Waals surface area contributed by atoms with E-state index in [1.807, 2.05) is 81.4 Å². The maximum absolute atomic E-state index is 14.1. The molecule has 0 bridgehead atoms. The molecule has 0 aliphatic rings. The molecule has 0 fully saturated rings. The lowest BCUT2D eigenvalue weighted by molar-refractivity contribution is -0.140. The fourth-order valence-electron chi connectivity index (χ4n) is 4.22. The van der Waals surface area contributed by atoms with Gasteiger partial charge in [-0.15, -0.1) is 0 Å². The minimum absolute atomic E-state index is 0.123. The number of nitrogens with zero attached hydrogens (tertiary/aromatic N) is 2. The van der Waals surface area contributed by atoms with Crippen molar-refractivity contribution in [3.05, 3.63) is 96.1 Å². The molecule has 0 heterocycles. The molecule has 1 N–H and O–H groups in total. The molecule has 0 saturated carbocycles. The summed E-state index contributed by atoms with van der Waals surface area (Å²) in [5.74, 6) is -0.518. The number of carbonyl (C=O) groups is 2. The SMILES string of the molecule is COc1ccccc1N(CC(=O)N(Cc1ccccc1)[C@@H](Cc1ccccc1)C(=O)NC(C)(C)C)S(C)(=O)=O. The molecule has 0 radical (unpaired) electrons. The highest BCUT2D eigenvalue weighted by atomic mass is 32.2. The second kappa shape index (κ2) is 12.8. The van der Waals surface area contributed by atoms with Gasteiger partial charge >= 0.3 is 0 Å². The van der Waals surface area contributed by atoms with Crippen molar-refractivity contribution in [2.45, 2.75) is 45.3 Å². The Hall–Kier alpha value is -3.85. The standard InChI is InChI=1S/C30H37N3O5S/c1-30(2,3)31-29(35)26(20-23-14-8-6-9-15-23)32(21-24-16-10-7-11-17-24)28(34)22-33(39(5,36)37)25-18-12-13-19-27(25)38-4/h6-19,26H,20-22H2,1-5H3,(H,31,35)/t26-/m0/s1. The first-order chi connectivity index (χ1) is 18.4. The lowest BCUT2D eigenvalue weighted by atomic mass is 10.0. The third-order valence-corrected chi connectivity index (χ3v) is 7.12. The second-order valence-corrected chi connectivity index (χ2v) is 12.3. The number of amides is 2. The third kappa shape index (κ3) is 8.58. The summed E-state index contributed by atoms with van der Waals surface area (Å²) in [4.78, 5) is 29.2. The van der Waals surface area contributed by atoms with Gasteiger partial charge in [-0.2, -0.15) is 0 Å². The predicted octanol–water partition coefficient (Wildman–Crippen LogP) is 4.02. The summed E-state index contributed by atoms with van der Waals surface area (Å²) < 4.78 is 32.2. The Labute approximate surface area is 231 Å². The molecule has 0 spiro atoms. The van der Waals surface area contributed by atoms with Crippen molar-refractivity contribution in [2.24, 2.45) is 0 Å². The largest absolute Gasteiger partial charge is 0.495 e. The molecule has 208 valence electrons. The number of anilines is 1. The molecule has 39 heavy (non-hydrogen) atoms. The van der Waals surface area contributed by atoms with E-state index in [9.17, 15) is 18.0 Å². The summed E-state index contributed by atoms with van der Waals surface area (Å²) in [6.45, 7) is 5.25. The number of sulfonamides is 1. The molecule has 0 saturated heterocycles. The Morgan fingerprint density at radius 1 is 0.872 bits per heavy atom. The fraction of sp³-hybridized carbons (Fsp3) is 0.333. The van der Waals surface area contributed by atoms with E-state index in [0.717, 1.165) is 21.7 Å². The van der Waals surface area contributed by atoms with Crippen LogP contribution in [0.4, 0.5) is 5.69 Å². The molecule has 3 aromatic rings. The second-order valence-electron chi connectivity index (χ2n) is 10.4. The zero-order chi connectivity index (χ0) is 28.6. The van der Waals surface area contributed by atoms with Crippen molar-refractivity contribution in [1.82, 2.24) is 10.2 Å². The van der Waals surface area contributed by atoms with Gasteiger partial charge < -0.3 is 15.0 Å². The number of methoxy groups -OCH3 is 1. The maximum Gasteiger partial charge on any atom is 0.244 e. The van der Waals surface area contributed by atoms with Crippen molar-refractivity contribution in [2.75, 3.05) is 24.2 Å². The van der Waals surface area contributed by atoms with Crippen molar-refractivity contribution >= 4 is 27.5 Å². The first kappa shape index (κ1) is 29.7. The van der Waals surface area contributed by atoms with Crippen LogP contribution in [0.2, 0.25) is 0 Å². The van der Waals surface area contributed by atoms with E-state index in [-0.39, 0.29) is 24.6 Å². The van der Waals surface area contributed by atoms with Gasteiger partial charge in [-0.3, -0.25) is 13.9 Å². The van der Waals surface area contributed by atoms with Crippen LogP contribution < -0.4 is 14.4 Å². The zero-order valence-corrected chi connectivity index (χ0v) is 23.9. The topological polar surface area (TPSA) is 96.0 Å². The zero-order valence-electron chi connectivity index (χ0n) is 23.1. The number of hydrogen-bond acceptors (Lipinski definition) is 5. The molecule has 1 atom stereocenters. The Balaban J connectivity index is 2.07. The summed E-state index contributed by atoms with van der Waals surface area (Å²) in [6.07, 6.45) is 1.30. The van der Waals surface area contributed by atoms with E-state index in [4.69, 9.17) is 4.74 Å². The predicted molar refractivity (Wildman–Crippen MR) is 154 cm³/mol. The minimum atomic E-state index is -3.88. The van der Waals surface area contributed by atoms with Crippen molar-refractivity contribution in [3.63, 3.8) is 0 Å². The van der Waals surface area contributed by atoms with Gasteiger partial charge in [0.2, 0.25) is 21.8 Å². The lowest BCUT2D eigenvalue weighted by Gasteiger charge is -2.35. The highest BCUT2D eigenvalue weighted by Crippen LogP contribution is 2.30. The summed E-state index contributed by atoms with van der Waals surface area (Å²) in [5.41, 5.74) is 1.40. The van der Waals surface area contributed by atoms with E-state index < -0.39 is 34.1 Å². The van der Waals surface area contributed by atoms with Crippen LogP contribution in [0, 0.1) is 0 Å². The average Bonchev–Trinajstić information content (AvgIpc) is 2.88. The van der Waals surface area contributed by atoms with Crippen LogP contribution in [0.5, 0.6) is 5.75 Å². The Kier molecular flexibility index (Phi) is 9.75. The quantitative estimate of drug-likeness (QED) is 0.389. The Morgan fingerprint density at radius 2 is 1.41 bits per heavy atom. The number of nitrogens with one attached hydrogen (secondary N) is 1. The third-order valence-electron chi connectivity index (χ3n) is 6.00. The highest BCUT2D eigenvalue weighted by Gasteiger charge is 2.34. The van der Waals surface area contributed by atoms with Gasteiger partial charge in [-0.25, -0.2) is 8.42 Å². The van der Waals surface area contributed by atoms with Crippen molar-refractivity contribution in [3.8, 4) is 5.75 Å². The molecule has 3 rings (SSSR count). The van der Waals surface area contributed by atoms with Gasteiger partial charge in [-0.05, 0) is 44.0 Å². The van der Waals surface area contributed by atoms with Crippen LogP contribution >= 0.6 is 0 Å². The molecular formula is C30H37N3O5S. The number of hydrogen-bond donors (Lipinski definition) is 1. The van der Waals surface area contributed by atoms with Crippen molar-refractivity contribution in [1.29, 1.82) is 0 Å². The van der Waals surface area contributed by atoms with Gasteiger partial charge in [0.1, 0.15) is 18.3 Å². The molecule has 9 heteroatoms. The highest BCUT2D eigenvalue weighted by molar-refractivity contribution is 7.92. The summed E-state index contributed by atoms with van der Waals surface area (Å²) in [5, 5.41) is 3.01. The molecule has 0 aromatic heterocycles. The molecular weight excluding hydrogens is 514 g/mol. The first-order valence-electron chi connectivity index (χ1n) is 12.7. The molecule has 8 nitrogen and oxygen atoms in total. The van der Waals surface area contributed by atoms with Gasteiger partial charge in [0.05, 0.1) is 19.1 Å². The number of ether oxygens (including phenoxy) is 1. The average molecular weight is 552 g/mol. The molecule has 0 aliphatic heterocycles. The molecule has 0 aliphatic carbocycles. The lowest BCUT2D eigenvalue weighted by Crippen LogP contribution is -2.56. The van der Waals surface area contributed by atoms with E-state index in [0.29, 0.717) is 5.75 Å². The van der Waals surface area contributed by atoms with E-state index >= 15 is 0 Å².